The summed E-state index contributed by atoms with van der Waals surface area (Å²) in [5.74, 6) is -0.619. The Morgan fingerprint density at radius 3 is 2.47 bits per heavy atom. The Bertz CT molecular complexity index is 317. The Hall–Kier alpha value is -1.49. The summed E-state index contributed by atoms with van der Waals surface area (Å²) in [6, 6.07) is 0. The number of nitrogens with zero attached hydrogens (tertiary/aromatic N) is 1. The van der Waals surface area contributed by atoms with Crippen LogP contribution < -0.4 is 0 Å². The molecule has 0 radical (unpaired) electrons. The monoisotopic (exact) mass is 239 g/mol. The summed E-state index contributed by atoms with van der Waals surface area (Å²) >= 11 is 0. The predicted octanol–water partition coefficient (Wildman–Crippen LogP) is 0.687. The van der Waals surface area contributed by atoms with Gasteiger partial charge in [-0.05, 0) is 13.3 Å². The molecule has 0 aromatic rings. The molecule has 0 bridgehead atoms. The van der Waals surface area contributed by atoms with Crippen LogP contribution in [0, 0.1) is 0 Å². The number of Topliss-reactive ketones (excluding diaryl/α,β-unsaturated/α-hetero) is 1. The lowest BCUT2D eigenvalue weighted by atomic mass is 10.1. The Morgan fingerprint density at radius 2 is 1.88 bits per heavy atom. The van der Waals surface area contributed by atoms with Crippen LogP contribution in [0.4, 0.5) is 0 Å². The molecule has 17 heavy (non-hydrogen) atoms. The van der Waals surface area contributed by atoms with Crippen molar-refractivity contribution in [3.8, 4) is 0 Å². The number of imide groups is 1. The molecular weight excluding hydrogens is 222 g/mol. The summed E-state index contributed by atoms with van der Waals surface area (Å²) in [4.78, 5) is 34.9. The Morgan fingerprint density at radius 1 is 1.24 bits per heavy atom. The van der Waals surface area contributed by atoms with Gasteiger partial charge >= 0.3 is 0 Å². The van der Waals surface area contributed by atoms with Crippen molar-refractivity contribution in [3.05, 3.63) is 12.2 Å². The van der Waals surface area contributed by atoms with Crippen molar-refractivity contribution in [2.75, 3.05) is 19.8 Å². The van der Waals surface area contributed by atoms with E-state index in [0.29, 0.717) is 26.1 Å². The average Bonchev–Trinajstić information content (AvgIpc) is 2.62. The van der Waals surface area contributed by atoms with Gasteiger partial charge in [0.25, 0.3) is 11.8 Å². The van der Waals surface area contributed by atoms with Crippen LogP contribution >= 0.6 is 0 Å². The average molecular weight is 239 g/mol. The fraction of sp³-hybridized carbons (Fsp3) is 0.583. The molecular formula is C12H17NO4. The first kappa shape index (κ1) is 13.6. The quantitative estimate of drug-likeness (QED) is 0.461. The zero-order valence-corrected chi connectivity index (χ0v) is 9.98. The normalized spacial score (nSPS) is 14.8. The molecule has 0 saturated heterocycles. The van der Waals surface area contributed by atoms with Crippen molar-refractivity contribution in [1.82, 2.24) is 4.90 Å². The van der Waals surface area contributed by atoms with Gasteiger partial charge in [0.2, 0.25) is 0 Å². The molecule has 0 aromatic carbocycles. The molecule has 0 saturated carbocycles. The third-order valence-electron chi connectivity index (χ3n) is 2.46. The number of carbonyl (C=O) groups excluding carboxylic acids is 3. The van der Waals surface area contributed by atoms with Crippen LogP contribution in [0.25, 0.3) is 0 Å². The molecule has 0 spiro atoms. The lowest BCUT2D eigenvalue weighted by Crippen LogP contribution is -2.32. The van der Waals surface area contributed by atoms with Gasteiger partial charge in [-0.15, -0.1) is 0 Å². The van der Waals surface area contributed by atoms with E-state index in [1.807, 2.05) is 6.92 Å². The van der Waals surface area contributed by atoms with Crippen molar-refractivity contribution < 1.29 is 19.1 Å². The van der Waals surface area contributed by atoms with Gasteiger partial charge in [0.1, 0.15) is 5.78 Å². The number of carbonyl (C=O) groups is 3. The molecule has 5 heteroatoms. The maximum atomic E-state index is 11.5. The van der Waals surface area contributed by atoms with Crippen molar-refractivity contribution in [2.24, 2.45) is 0 Å². The third-order valence-corrected chi connectivity index (χ3v) is 2.46. The lowest BCUT2D eigenvalue weighted by molar-refractivity contribution is -0.137. The molecule has 0 atom stereocenters. The Labute approximate surface area is 100 Å². The van der Waals surface area contributed by atoms with Gasteiger partial charge in [-0.3, -0.25) is 19.3 Å². The first-order valence-corrected chi connectivity index (χ1v) is 5.78. The van der Waals surface area contributed by atoms with Crippen molar-refractivity contribution in [3.63, 3.8) is 0 Å². The van der Waals surface area contributed by atoms with E-state index >= 15 is 0 Å². The number of rotatable bonds is 8. The maximum absolute atomic E-state index is 11.5. The first-order valence-electron chi connectivity index (χ1n) is 5.78. The Kier molecular flexibility index (Phi) is 5.56. The van der Waals surface area contributed by atoms with Gasteiger partial charge < -0.3 is 4.74 Å². The molecule has 0 aromatic heterocycles. The van der Waals surface area contributed by atoms with Crippen molar-refractivity contribution in [1.29, 1.82) is 0 Å². The highest BCUT2D eigenvalue weighted by Gasteiger charge is 2.23. The number of amides is 2. The zero-order valence-electron chi connectivity index (χ0n) is 9.98. The summed E-state index contributed by atoms with van der Waals surface area (Å²) in [5.41, 5.74) is 0. The molecule has 1 rings (SSSR count). The molecule has 1 heterocycles. The highest BCUT2D eigenvalue weighted by molar-refractivity contribution is 6.13. The van der Waals surface area contributed by atoms with Crippen LogP contribution in [-0.4, -0.2) is 42.3 Å². The van der Waals surface area contributed by atoms with E-state index in [4.69, 9.17) is 4.74 Å². The predicted molar refractivity (Wildman–Crippen MR) is 61.2 cm³/mol. The van der Waals surface area contributed by atoms with E-state index in [2.05, 4.69) is 0 Å². The molecule has 94 valence electrons. The molecule has 0 N–H and O–H groups in total. The second-order valence-corrected chi connectivity index (χ2v) is 3.75. The molecule has 0 fully saturated rings. The van der Waals surface area contributed by atoms with E-state index in [1.54, 1.807) is 0 Å². The zero-order chi connectivity index (χ0) is 12.7. The largest absolute Gasteiger partial charge is 0.382 e. The molecule has 1 aliphatic rings. The van der Waals surface area contributed by atoms with Gasteiger partial charge in [-0.1, -0.05) is 0 Å². The van der Waals surface area contributed by atoms with Crippen LogP contribution in [0.2, 0.25) is 0 Å². The van der Waals surface area contributed by atoms with E-state index in [0.717, 1.165) is 4.90 Å². The van der Waals surface area contributed by atoms with Gasteiger partial charge in [0.05, 0.1) is 0 Å². The fourth-order valence-corrected chi connectivity index (χ4v) is 1.53. The molecule has 1 aliphatic heterocycles. The highest BCUT2D eigenvalue weighted by Crippen LogP contribution is 2.05. The number of ketones is 1. The summed E-state index contributed by atoms with van der Waals surface area (Å²) in [7, 11) is 0. The van der Waals surface area contributed by atoms with Gasteiger partial charge in [-0.2, -0.15) is 0 Å². The molecule has 2 amide bonds. The topological polar surface area (TPSA) is 63.7 Å². The maximum Gasteiger partial charge on any atom is 0.253 e. The van der Waals surface area contributed by atoms with Crippen LogP contribution in [0.1, 0.15) is 26.2 Å². The summed E-state index contributed by atoms with van der Waals surface area (Å²) in [6.07, 6.45) is 3.80. The highest BCUT2D eigenvalue weighted by atomic mass is 16.5. The van der Waals surface area contributed by atoms with Crippen molar-refractivity contribution in [2.45, 2.75) is 26.2 Å². The second kappa shape index (κ2) is 6.96. The van der Waals surface area contributed by atoms with Gasteiger partial charge in [-0.25, -0.2) is 0 Å². The van der Waals surface area contributed by atoms with Crippen LogP contribution in [0.15, 0.2) is 12.2 Å². The molecule has 0 unspecified atom stereocenters. The van der Waals surface area contributed by atoms with Crippen molar-refractivity contribution >= 4 is 17.6 Å². The summed E-state index contributed by atoms with van der Waals surface area (Å²) in [5, 5.41) is 0. The lowest BCUT2D eigenvalue weighted by Gasteiger charge is -2.12. The second-order valence-electron chi connectivity index (χ2n) is 3.75. The standard InChI is InChI=1S/C12H17NO4/c1-2-17-9-3-4-10(14)7-8-13-11(15)5-6-12(13)16/h5-6H,2-4,7-9H2,1H3. The third kappa shape index (κ3) is 4.48. The van der Waals surface area contributed by atoms with E-state index in [9.17, 15) is 14.4 Å². The molecule has 5 nitrogen and oxygen atoms in total. The van der Waals surface area contributed by atoms with Gasteiger partial charge in [0.15, 0.2) is 0 Å². The van der Waals surface area contributed by atoms with Gasteiger partial charge in [0, 0.05) is 44.8 Å². The van der Waals surface area contributed by atoms with E-state index in [1.165, 1.54) is 12.2 Å². The minimum absolute atomic E-state index is 0.0530. The van der Waals surface area contributed by atoms with Crippen LogP contribution in [-0.2, 0) is 19.1 Å². The molecule has 0 aliphatic carbocycles. The smallest absolute Gasteiger partial charge is 0.253 e. The number of hydrogen-bond donors (Lipinski definition) is 0. The van der Waals surface area contributed by atoms with Crippen LogP contribution in [0.3, 0.4) is 0 Å². The number of hydrogen-bond acceptors (Lipinski definition) is 4. The Balaban J connectivity index is 2.16. The summed E-state index contributed by atoms with van der Waals surface area (Å²) < 4.78 is 5.12. The first-order chi connectivity index (χ1) is 8.15. The van der Waals surface area contributed by atoms with E-state index in [-0.39, 0.29) is 30.6 Å². The van der Waals surface area contributed by atoms with E-state index < -0.39 is 0 Å². The summed E-state index contributed by atoms with van der Waals surface area (Å²) in [6.45, 7) is 3.31. The SMILES string of the molecule is CCOCCCC(=O)CCN1C(=O)C=CC1=O. The van der Waals surface area contributed by atoms with Crippen LogP contribution in [0.5, 0.6) is 0 Å². The minimum Gasteiger partial charge on any atom is -0.382 e. The minimum atomic E-state index is -0.336. The number of ether oxygens (including phenoxy) is 1. The fourth-order valence-electron chi connectivity index (χ4n) is 1.53.